The van der Waals surface area contributed by atoms with Crippen molar-refractivity contribution in [1.29, 1.82) is 0 Å². The zero-order valence-corrected chi connectivity index (χ0v) is 13.9. The fraction of sp³-hybridized carbons (Fsp3) is 0.529. The van der Waals surface area contributed by atoms with E-state index in [-0.39, 0.29) is 0 Å². The lowest BCUT2D eigenvalue weighted by Gasteiger charge is -2.49. The standard InChI is InChI=1S/C17H22N4S/c1-11-9-22-10-15(11)14-7-18-17(19-8-14)20-16-12(2)21-5-3-13(16)4-6-21/h7-10,12-13,16H,3-6H2,1-2H3,(H,18,19,20). The van der Waals surface area contributed by atoms with Gasteiger partial charge in [0.05, 0.1) is 0 Å². The summed E-state index contributed by atoms with van der Waals surface area (Å²) in [6.07, 6.45) is 6.48. The summed E-state index contributed by atoms with van der Waals surface area (Å²) >= 11 is 1.73. The van der Waals surface area contributed by atoms with E-state index >= 15 is 0 Å². The van der Waals surface area contributed by atoms with Crippen LogP contribution in [0.3, 0.4) is 0 Å². The first-order valence-corrected chi connectivity index (χ1v) is 9.02. The van der Waals surface area contributed by atoms with Crippen LogP contribution < -0.4 is 5.32 Å². The monoisotopic (exact) mass is 314 g/mol. The molecule has 2 unspecified atom stereocenters. The van der Waals surface area contributed by atoms with Crippen LogP contribution in [-0.2, 0) is 0 Å². The van der Waals surface area contributed by atoms with E-state index in [0.29, 0.717) is 12.1 Å². The minimum absolute atomic E-state index is 0.483. The summed E-state index contributed by atoms with van der Waals surface area (Å²) in [5.74, 6) is 1.53. The van der Waals surface area contributed by atoms with Crippen LogP contribution >= 0.6 is 11.3 Å². The topological polar surface area (TPSA) is 41.1 Å². The first-order chi connectivity index (χ1) is 10.7. The fourth-order valence-electron chi connectivity index (χ4n) is 3.89. The minimum atomic E-state index is 0.483. The molecule has 3 fully saturated rings. The van der Waals surface area contributed by atoms with Crippen molar-refractivity contribution in [2.75, 3.05) is 18.4 Å². The zero-order valence-electron chi connectivity index (χ0n) is 13.1. The lowest BCUT2D eigenvalue weighted by molar-refractivity contribution is 0.0455. The maximum absolute atomic E-state index is 4.55. The van der Waals surface area contributed by atoms with Crippen LogP contribution in [0, 0.1) is 12.8 Å². The number of rotatable bonds is 3. The molecule has 3 saturated heterocycles. The summed E-state index contributed by atoms with van der Waals surface area (Å²) < 4.78 is 0. The SMILES string of the molecule is Cc1cscc1-c1cnc(NC2C3CCN(CC3)C2C)nc1. The molecule has 4 nitrogen and oxygen atoms in total. The smallest absolute Gasteiger partial charge is 0.222 e. The van der Waals surface area contributed by atoms with Gasteiger partial charge in [-0.25, -0.2) is 9.97 Å². The van der Waals surface area contributed by atoms with Gasteiger partial charge >= 0.3 is 0 Å². The van der Waals surface area contributed by atoms with Crippen molar-refractivity contribution in [1.82, 2.24) is 14.9 Å². The predicted molar refractivity (Wildman–Crippen MR) is 91.3 cm³/mol. The second-order valence-corrected chi connectivity index (χ2v) is 7.29. The van der Waals surface area contributed by atoms with Gasteiger partial charge < -0.3 is 5.32 Å². The Morgan fingerprint density at radius 3 is 2.50 bits per heavy atom. The molecule has 1 N–H and O–H groups in total. The molecule has 3 aliphatic heterocycles. The predicted octanol–water partition coefficient (Wildman–Crippen LogP) is 3.41. The number of anilines is 1. The number of aryl methyl sites for hydroxylation is 1. The number of fused-ring (bicyclic) bond motifs is 3. The Bertz CT molecular complexity index is 641. The van der Waals surface area contributed by atoms with Crippen LogP contribution in [0.5, 0.6) is 0 Å². The van der Waals surface area contributed by atoms with Crippen molar-refractivity contribution < 1.29 is 0 Å². The summed E-state index contributed by atoms with van der Waals surface area (Å²) in [5, 5.41) is 7.91. The van der Waals surface area contributed by atoms with E-state index in [2.05, 4.69) is 44.8 Å². The molecule has 2 aromatic rings. The molecular formula is C17H22N4S. The number of nitrogens with zero attached hydrogens (tertiary/aromatic N) is 3. The number of hydrogen-bond donors (Lipinski definition) is 1. The fourth-order valence-corrected chi connectivity index (χ4v) is 4.75. The highest BCUT2D eigenvalue weighted by atomic mass is 32.1. The molecular weight excluding hydrogens is 292 g/mol. The highest BCUT2D eigenvalue weighted by Gasteiger charge is 2.39. The van der Waals surface area contributed by atoms with Crippen molar-refractivity contribution >= 4 is 17.3 Å². The van der Waals surface area contributed by atoms with Gasteiger partial charge in [-0.15, -0.1) is 0 Å². The minimum Gasteiger partial charge on any atom is -0.350 e. The molecule has 2 atom stereocenters. The molecule has 5 heterocycles. The van der Waals surface area contributed by atoms with E-state index in [4.69, 9.17) is 0 Å². The largest absolute Gasteiger partial charge is 0.350 e. The third-order valence-electron chi connectivity index (χ3n) is 5.29. The van der Waals surface area contributed by atoms with Crippen molar-refractivity contribution in [3.63, 3.8) is 0 Å². The molecule has 0 spiro atoms. The maximum atomic E-state index is 4.55. The molecule has 0 amide bonds. The van der Waals surface area contributed by atoms with Gasteiger partial charge in [0.25, 0.3) is 0 Å². The van der Waals surface area contributed by atoms with Gasteiger partial charge in [0.1, 0.15) is 0 Å². The quantitative estimate of drug-likeness (QED) is 0.942. The number of thiophene rings is 1. The van der Waals surface area contributed by atoms with E-state index in [0.717, 1.165) is 17.4 Å². The van der Waals surface area contributed by atoms with Gasteiger partial charge in [0, 0.05) is 30.0 Å². The number of piperidine rings is 3. The van der Waals surface area contributed by atoms with Crippen LogP contribution in [0.2, 0.25) is 0 Å². The van der Waals surface area contributed by atoms with Crippen molar-refractivity contribution in [2.45, 2.75) is 38.8 Å². The lowest BCUT2D eigenvalue weighted by atomic mass is 9.79. The summed E-state index contributed by atoms with van der Waals surface area (Å²) in [6, 6.07) is 1.06. The molecule has 22 heavy (non-hydrogen) atoms. The average Bonchev–Trinajstić information content (AvgIpc) is 2.98. The first kappa shape index (κ1) is 14.2. The number of aromatic nitrogens is 2. The Hall–Kier alpha value is -1.46. The molecule has 2 aromatic heterocycles. The van der Waals surface area contributed by atoms with Crippen molar-refractivity contribution in [3.05, 3.63) is 28.7 Å². The van der Waals surface area contributed by atoms with Crippen molar-refractivity contribution in [3.8, 4) is 11.1 Å². The van der Waals surface area contributed by atoms with E-state index in [1.807, 2.05) is 12.4 Å². The van der Waals surface area contributed by atoms with Crippen LogP contribution in [0.1, 0.15) is 25.3 Å². The Labute approximate surface area is 135 Å². The Balaban J connectivity index is 1.51. The Morgan fingerprint density at radius 2 is 1.91 bits per heavy atom. The van der Waals surface area contributed by atoms with E-state index < -0.39 is 0 Å². The third kappa shape index (κ3) is 2.42. The maximum Gasteiger partial charge on any atom is 0.222 e. The van der Waals surface area contributed by atoms with Crippen LogP contribution in [-0.4, -0.2) is 40.0 Å². The lowest BCUT2D eigenvalue weighted by Crippen LogP contribution is -2.59. The number of hydrogen-bond acceptors (Lipinski definition) is 5. The summed E-state index contributed by atoms with van der Waals surface area (Å²) in [5.41, 5.74) is 3.64. The second kappa shape index (κ2) is 5.63. The van der Waals surface area contributed by atoms with E-state index in [1.54, 1.807) is 11.3 Å². The molecule has 0 radical (unpaired) electrons. The summed E-state index contributed by atoms with van der Waals surface area (Å²) in [6.45, 7) is 6.96. The van der Waals surface area contributed by atoms with Crippen molar-refractivity contribution in [2.24, 2.45) is 5.92 Å². The highest BCUT2D eigenvalue weighted by molar-refractivity contribution is 7.08. The van der Waals surface area contributed by atoms with E-state index in [9.17, 15) is 0 Å². The second-order valence-electron chi connectivity index (χ2n) is 6.55. The van der Waals surface area contributed by atoms with Gasteiger partial charge in [-0.05, 0) is 67.6 Å². The van der Waals surface area contributed by atoms with E-state index in [1.165, 1.54) is 37.1 Å². The van der Waals surface area contributed by atoms with Gasteiger partial charge in [0.15, 0.2) is 0 Å². The van der Waals surface area contributed by atoms with Gasteiger partial charge in [0.2, 0.25) is 5.95 Å². The molecule has 0 aliphatic carbocycles. The van der Waals surface area contributed by atoms with Crippen LogP contribution in [0.15, 0.2) is 23.2 Å². The first-order valence-electron chi connectivity index (χ1n) is 8.08. The third-order valence-corrected chi connectivity index (χ3v) is 6.15. The number of nitrogens with one attached hydrogen (secondary N) is 1. The summed E-state index contributed by atoms with van der Waals surface area (Å²) in [7, 11) is 0. The highest BCUT2D eigenvalue weighted by Crippen LogP contribution is 2.33. The van der Waals surface area contributed by atoms with Crippen LogP contribution in [0.25, 0.3) is 11.1 Å². The molecule has 5 rings (SSSR count). The molecule has 116 valence electrons. The Kier molecular flexibility index (Phi) is 3.62. The molecule has 0 aromatic carbocycles. The Morgan fingerprint density at radius 1 is 1.18 bits per heavy atom. The molecule has 2 bridgehead atoms. The molecule has 0 saturated carbocycles. The van der Waals surface area contributed by atoms with Gasteiger partial charge in [-0.2, -0.15) is 11.3 Å². The average molecular weight is 314 g/mol. The normalized spacial score (nSPS) is 30.5. The molecule has 5 heteroatoms. The van der Waals surface area contributed by atoms with Crippen LogP contribution in [0.4, 0.5) is 5.95 Å². The van der Waals surface area contributed by atoms with Gasteiger partial charge in [-0.1, -0.05) is 0 Å². The summed E-state index contributed by atoms with van der Waals surface area (Å²) in [4.78, 5) is 11.7. The van der Waals surface area contributed by atoms with Gasteiger partial charge in [-0.3, -0.25) is 4.90 Å². The molecule has 3 aliphatic rings. The zero-order chi connectivity index (χ0) is 15.1.